The molecule has 0 radical (unpaired) electrons. The van der Waals surface area contributed by atoms with Gasteiger partial charge in [0.25, 0.3) is 5.56 Å². The molecule has 0 saturated heterocycles. The maximum absolute atomic E-state index is 12.4. The van der Waals surface area contributed by atoms with Crippen molar-refractivity contribution in [2.45, 2.75) is 51.3 Å². The van der Waals surface area contributed by atoms with Crippen LogP contribution in [0.4, 0.5) is 0 Å². The van der Waals surface area contributed by atoms with Crippen LogP contribution in [0.5, 0.6) is 0 Å². The van der Waals surface area contributed by atoms with Gasteiger partial charge in [-0.1, -0.05) is 43.2 Å². The van der Waals surface area contributed by atoms with E-state index in [9.17, 15) is 14.7 Å². The second-order valence-electron chi connectivity index (χ2n) is 7.83. The van der Waals surface area contributed by atoms with E-state index in [2.05, 4.69) is 10.3 Å². The van der Waals surface area contributed by atoms with E-state index < -0.39 is 6.10 Å². The average molecular weight is 414 g/mol. The second kappa shape index (κ2) is 9.86. The van der Waals surface area contributed by atoms with Crippen LogP contribution in [-0.4, -0.2) is 36.4 Å². The maximum Gasteiger partial charge on any atom is 0.332 e. The summed E-state index contributed by atoms with van der Waals surface area (Å²) in [5.74, 6) is 0. The molecule has 162 valence electrons. The Labute approximate surface area is 175 Å². The molecule has 2 atom stereocenters. The molecule has 2 heterocycles. The number of aliphatic hydroxyl groups excluding tert-OH is 1. The first-order valence-corrected chi connectivity index (χ1v) is 10.5. The van der Waals surface area contributed by atoms with Crippen LogP contribution in [0.15, 0.2) is 46.2 Å². The predicted molar refractivity (Wildman–Crippen MR) is 118 cm³/mol. The monoisotopic (exact) mass is 413 g/mol. The molecular weight excluding hydrogens is 382 g/mol. The first kappa shape index (κ1) is 22.0. The largest absolute Gasteiger partial charge is 0.387 e. The van der Waals surface area contributed by atoms with Gasteiger partial charge in [-0.3, -0.25) is 13.9 Å². The molecule has 0 bridgehead atoms. The normalized spacial score (nSPS) is 13.6. The highest BCUT2D eigenvalue weighted by molar-refractivity contribution is 5.69. The fraction of sp³-hybridized carbons (Fsp3) is 0.500. The molecule has 2 aromatic heterocycles. The Morgan fingerprint density at radius 3 is 2.47 bits per heavy atom. The van der Waals surface area contributed by atoms with Crippen molar-refractivity contribution in [3.8, 4) is 0 Å². The van der Waals surface area contributed by atoms with Crippen molar-refractivity contribution in [1.82, 2.24) is 24.0 Å². The summed E-state index contributed by atoms with van der Waals surface area (Å²) in [4.78, 5) is 28.7. The van der Waals surface area contributed by atoms with Crippen molar-refractivity contribution >= 4 is 11.2 Å². The van der Waals surface area contributed by atoms with Crippen LogP contribution >= 0.6 is 0 Å². The van der Waals surface area contributed by atoms with Gasteiger partial charge in [0.1, 0.15) is 0 Å². The minimum absolute atomic E-state index is 0.00688. The summed E-state index contributed by atoms with van der Waals surface area (Å²) in [6.45, 7) is 3.54. The zero-order chi connectivity index (χ0) is 21.7. The van der Waals surface area contributed by atoms with E-state index in [1.54, 1.807) is 13.4 Å². The SMILES string of the molecule is CC(NCCCCCCn1cnc2c1c(=O)n(C)c(=O)n2C)C(O)c1ccccc1. The number of imidazole rings is 1. The van der Waals surface area contributed by atoms with Crippen molar-refractivity contribution < 1.29 is 5.11 Å². The van der Waals surface area contributed by atoms with Gasteiger partial charge in [-0.2, -0.15) is 0 Å². The number of hydrogen-bond donors (Lipinski definition) is 2. The number of fused-ring (bicyclic) bond motifs is 1. The molecule has 0 aliphatic heterocycles. The Morgan fingerprint density at radius 1 is 1.03 bits per heavy atom. The molecule has 0 saturated carbocycles. The van der Waals surface area contributed by atoms with E-state index in [1.807, 2.05) is 41.8 Å². The summed E-state index contributed by atoms with van der Waals surface area (Å²) in [5.41, 5.74) is 1.16. The first-order chi connectivity index (χ1) is 14.4. The molecule has 0 amide bonds. The van der Waals surface area contributed by atoms with Crippen LogP contribution in [0.2, 0.25) is 0 Å². The van der Waals surface area contributed by atoms with Gasteiger partial charge in [0.05, 0.1) is 12.4 Å². The number of unbranched alkanes of at least 4 members (excludes halogenated alkanes) is 3. The molecule has 1 aromatic carbocycles. The molecule has 8 nitrogen and oxygen atoms in total. The van der Waals surface area contributed by atoms with Crippen molar-refractivity contribution in [2.75, 3.05) is 6.54 Å². The summed E-state index contributed by atoms with van der Waals surface area (Å²) >= 11 is 0. The third kappa shape index (κ3) is 4.71. The van der Waals surface area contributed by atoms with Crippen LogP contribution in [0.25, 0.3) is 11.2 Å². The van der Waals surface area contributed by atoms with E-state index in [0.29, 0.717) is 17.7 Å². The molecule has 2 N–H and O–H groups in total. The van der Waals surface area contributed by atoms with Gasteiger partial charge in [-0.05, 0) is 31.9 Å². The quantitative estimate of drug-likeness (QED) is 0.494. The first-order valence-electron chi connectivity index (χ1n) is 10.5. The minimum atomic E-state index is -0.515. The Kier molecular flexibility index (Phi) is 7.23. The van der Waals surface area contributed by atoms with Gasteiger partial charge in [-0.15, -0.1) is 0 Å². The van der Waals surface area contributed by atoms with E-state index >= 15 is 0 Å². The predicted octanol–water partition coefficient (Wildman–Crippen LogP) is 1.71. The second-order valence-corrected chi connectivity index (χ2v) is 7.83. The standard InChI is InChI=1S/C22H31N5O3/c1-16(19(28)17-11-7-6-8-12-17)23-13-9-4-5-10-14-27-15-24-20-18(27)21(29)26(3)22(30)25(20)2/h6-8,11-12,15-16,19,23,28H,4-5,9-10,13-14H2,1-3H3. The lowest BCUT2D eigenvalue weighted by atomic mass is 10.0. The Hall–Kier alpha value is -2.71. The van der Waals surface area contributed by atoms with E-state index in [4.69, 9.17) is 0 Å². The van der Waals surface area contributed by atoms with Crippen molar-refractivity contribution in [2.24, 2.45) is 14.1 Å². The van der Waals surface area contributed by atoms with E-state index in [-0.39, 0.29) is 17.3 Å². The van der Waals surface area contributed by atoms with Crippen molar-refractivity contribution in [3.05, 3.63) is 63.1 Å². The topological polar surface area (TPSA) is 94.1 Å². The zero-order valence-electron chi connectivity index (χ0n) is 17.9. The number of nitrogens with one attached hydrogen (secondary N) is 1. The highest BCUT2D eigenvalue weighted by Gasteiger charge is 2.15. The van der Waals surface area contributed by atoms with E-state index in [0.717, 1.165) is 42.4 Å². The van der Waals surface area contributed by atoms with Crippen LogP contribution in [0.3, 0.4) is 0 Å². The maximum atomic E-state index is 12.4. The zero-order valence-corrected chi connectivity index (χ0v) is 17.9. The number of rotatable bonds is 10. The summed E-state index contributed by atoms with van der Waals surface area (Å²) < 4.78 is 4.37. The lowest BCUT2D eigenvalue weighted by Gasteiger charge is -2.20. The highest BCUT2D eigenvalue weighted by Crippen LogP contribution is 2.16. The summed E-state index contributed by atoms with van der Waals surface area (Å²) in [5, 5.41) is 13.8. The Balaban J connectivity index is 1.42. The van der Waals surface area contributed by atoms with Gasteiger partial charge in [0.15, 0.2) is 11.2 Å². The van der Waals surface area contributed by atoms with Gasteiger partial charge in [0, 0.05) is 26.7 Å². The van der Waals surface area contributed by atoms with Crippen LogP contribution in [0, 0.1) is 0 Å². The van der Waals surface area contributed by atoms with Gasteiger partial charge >= 0.3 is 5.69 Å². The third-order valence-corrected chi connectivity index (χ3v) is 5.62. The summed E-state index contributed by atoms with van der Waals surface area (Å²) in [7, 11) is 3.12. The Morgan fingerprint density at radius 2 is 1.73 bits per heavy atom. The number of hydrogen-bond acceptors (Lipinski definition) is 5. The molecule has 0 fully saturated rings. The number of aryl methyl sites for hydroxylation is 2. The fourth-order valence-corrected chi connectivity index (χ4v) is 3.71. The van der Waals surface area contributed by atoms with Crippen LogP contribution in [0.1, 0.15) is 44.3 Å². The molecule has 3 rings (SSSR count). The van der Waals surface area contributed by atoms with Crippen molar-refractivity contribution in [3.63, 3.8) is 0 Å². The Bertz CT molecular complexity index is 1080. The average Bonchev–Trinajstić information content (AvgIpc) is 3.19. The van der Waals surface area contributed by atoms with Crippen LogP contribution < -0.4 is 16.6 Å². The minimum Gasteiger partial charge on any atom is -0.387 e. The van der Waals surface area contributed by atoms with E-state index in [1.165, 1.54) is 11.6 Å². The molecule has 0 aliphatic rings. The summed E-state index contributed by atoms with van der Waals surface area (Å²) in [6.07, 6.45) is 5.17. The van der Waals surface area contributed by atoms with Gasteiger partial charge in [-0.25, -0.2) is 9.78 Å². The number of aliphatic hydroxyl groups is 1. The number of nitrogens with zero attached hydrogens (tertiary/aromatic N) is 4. The van der Waals surface area contributed by atoms with Crippen LogP contribution in [-0.2, 0) is 20.6 Å². The van der Waals surface area contributed by atoms with Crippen molar-refractivity contribution in [1.29, 1.82) is 0 Å². The molecule has 30 heavy (non-hydrogen) atoms. The molecule has 3 aromatic rings. The molecule has 0 spiro atoms. The smallest absolute Gasteiger partial charge is 0.332 e. The number of aromatic nitrogens is 4. The molecule has 8 heteroatoms. The summed E-state index contributed by atoms with van der Waals surface area (Å²) in [6, 6.07) is 9.68. The number of benzene rings is 1. The molecule has 2 unspecified atom stereocenters. The van der Waals surface area contributed by atoms with Gasteiger partial charge in [0.2, 0.25) is 0 Å². The highest BCUT2D eigenvalue weighted by atomic mass is 16.3. The fourth-order valence-electron chi connectivity index (χ4n) is 3.71. The lowest BCUT2D eigenvalue weighted by molar-refractivity contribution is 0.136. The molecule has 0 aliphatic carbocycles. The van der Waals surface area contributed by atoms with Gasteiger partial charge < -0.3 is 15.0 Å². The molecular formula is C22H31N5O3. The lowest BCUT2D eigenvalue weighted by Crippen LogP contribution is -2.37. The third-order valence-electron chi connectivity index (χ3n) is 5.62.